The Morgan fingerprint density at radius 3 is 2.78 bits per heavy atom. The van der Waals surface area contributed by atoms with E-state index in [4.69, 9.17) is 0 Å². The van der Waals surface area contributed by atoms with Gasteiger partial charge in [-0.25, -0.2) is 4.39 Å². The number of aliphatic hydroxyl groups is 1. The molecule has 0 radical (unpaired) electrons. The van der Waals surface area contributed by atoms with Crippen molar-refractivity contribution in [2.45, 2.75) is 44.8 Å². The standard InChI is InChI=1S/C15H22FNO/c1-2-15(13-5-3-4-6-14(13)16)17-10-11-7-8-12(18)9-11/h3-6,11-12,15,17-18H,2,7-10H2,1H3. The molecule has 1 aromatic carbocycles. The van der Waals surface area contributed by atoms with E-state index in [1.54, 1.807) is 6.07 Å². The fourth-order valence-corrected chi connectivity index (χ4v) is 2.77. The van der Waals surface area contributed by atoms with Gasteiger partial charge in [-0.3, -0.25) is 0 Å². The molecule has 1 saturated carbocycles. The highest BCUT2D eigenvalue weighted by Crippen LogP contribution is 2.26. The van der Waals surface area contributed by atoms with Crippen molar-refractivity contribution in [3.63, 3.8) is 0 Å². The molecule has 2 nitrogen and oxygen atoms in total. The van der Waals surface area contributed by atoms with E-state index >= 15 is 0 Å². The second-order valence-corrected chi connectivity index (χ2v) is 5.22. The fourth-order valence-electron chi connectivity index (χ4n) is 2.77. The molecular weight excluding hydrogens is 229 g/mol. The van der Waals surface area contributed by atoms with Crippen LogP contribution in [0, 0.1) is 11.7 Å². The van der Waals surface area contributed by atoms with Crippen molar-refractivity contribution in [1.29, 1.82) is 0 Å². The molecule has 0 heterocycles. The van der Waals surface area contributed by atoms with Crippen LogP contribution in [0.4, 0.5) is 4.39 Å². The van der Waals surface area contributed by atoms with Crippen molar-refractivity contribution >= 4 is 0 Å². The first kappa shape index (κ1) is 13.5. The van der Waals surface area contributed by atoms with Gasteiger partial charge in [0.25, 0.3) is 0 Å². The van der Waals surface area contributed by atoms with Gasteiger partial charge in [0.1, 0.15) is 5.82 Å². The van der Waals surface area contributed by atoms with Gasteiger partial charge in [0.2, 0.25) is 0 Å². The summed E-state index contributed by atoms with van der Waals surface area (Å²) in [6.07, 6.45) is 3.59. The summed E-state index contributed by atoms with van der Waals surface area (Å²) in [7, 11) is 0. The number of halogens is 1. The lowest BCUT2D eigenvalue weighted by Crippen LogP contribution is -2.27. The number of aliphatic hydroxyl groups excluding tert-OH is 1. The van der Waals surface area contributed by atoms with Crippen molar-refractivity contribution in [3.05, 3.63) is 35.6 Å². The molecule has 1 aromatic rings. The molecule has 100 valence electrons. The normalized spacial score (nSPS) is 25.3. The molecule has 3 atom stereocenters. The van der Waals surface area contributed by atoms with Crippen LogP contribution in [0.5, 0.6) is 0 Å². The zero-order valence-electron chi connectivity index (χ0n) is 10.9. The van der Waals surface area contributed by atoms with E-state index < -0.39 is 0 Å². The summed E-state index contributed by atoms with van der Waals surface area (Å²) < 4.78 is 13.7. The van der Waals surface area contributed by atoms with E-state index in [9.17, 15) is 9.50 Å². The van der Waals surface area contributed by atoms with E-state index in [-0.39, 0.29) is 18.0 Å². The van der Waals surface area contributed by atoms with E-state index in [2.05, 4.69) is 12.2 Å². The number of nitrogens with one attached hydrogen (secondary N) is 1. The van der Waals surface area contributed by atoms with Gasteiger partial charge >= 0.3 is 0 Å². The quantitative estimate of drug-likeness (QED) is 0.843. The van der Waals surface area contributed by atoms with Crippen LogP contribution in [0.1, 0.15) is 44.2 Å². The minimum atomic E-state index is -0.136. The number of hydrogen-bond donors (Lipinski definition) is 2. The minimum absolute atomic E-state index is 0.0731. The largest absolute Gasteiger partial charge is 0.393 e. The Bertz CT molecular complexity index is 383. The van der Waals surface area contributed by atoms with Gasteiger partial charge in [-0.05, 0) is 44.2 Å². The summed E-state index contributed by atoms with van der Waals surface area (Å²) in [5.74, 6) is 0.393. The molecule has 0 aromatic heterocycles. The number of rotatable bonds is 5. The summed E-state index contributed by atoms with van der Waals surface area (Å²) in [6.45, 7) is 2.93. The Labute approximate surface area is 108 Å². The molecule has 3 unspecified atom stereocenters. The molecule has 0 saturated heterocycles. The van der Waals surface area contributed by atoms with Crippen molar-refractivity contribution < 1.29 is 9.50 Å². The van der Waals surface area contributed by atoms with E-state index in [1.165, 1.54) is 6.07 Å². The third-order valence-electron chi connectivity index (χ3n) is 3.86. The Morgan fingerprint density at radius 1 is 1.39 bits per heavy atom. The number of hydrogen-bond acceptors (Lipinski definition) is 2. The molecule has 0 spiro atoms. The topological polar surface area (TPSA) is 32.3 Å². The molecule has 1 aliphatic rings. The molecule has 0 bridgehead atoms. The Kier molecular flexibility index (Phi) is 4.72. The average molecular weight is 251 g/mol. The van der Waals surface area contributed by atoms with Gasteiger partial charge in [-0.1, -0.05) is 25.1 Å². The lowest BCUT2D eigenvalue weighted by molar-refractivity contribution is 0.177. The molecule has 18 heavy (non-hydrogen) atoms. The molecular formula is C15H22FNO. The van der Waals surface area contributed by atoms with E-state index in [1.807, 2.05) is 12.1 Å². The first-order chi connectivity index (χ1) is 8.70. The molecule has 3 heteroatoms. The van der Waals surface area contributed by atoms with Crippen LogP contribution >= 0.6 is 0 Å². The van der Waals surface area contributed by atoms with E-state index in [0.717, 1.165) is 37.8 Å². The molecule has 2 N–H and O–H groups in total. The first-order valence-electron chi connectivity index (χ1n) is 6.86. The predicted octanol–water partition coefficient (Wildman–Crippen LogP) is 3.03. The molecule has 0 aliphatic heterocycles. The molecule has 2 rings (SSSR count). The highest BCUT2D eigenvalue weighted by molar-refractivity contribution is 5.21. The smallest absolute Gasteiger partial charge is 0.127 e. The van der Waals surface area contributed by atoms with Crippen LogP contribution < -0.4 is 5.32 Å². The zero-order valence-corrected chi connectivity index (χ0v) is 10.9. The molecule has 1 fully saturated rings. The van der Waals surface area contributed by atoms with Crippen LogP contribution in [-0.4, -0.2) is 17.8 Å². The maximum Gasteiger partial charge on any atom is 0.127 e. The van der Waals surface area contributed by atoms with Gasteiger partial charge in [0.05, 0.1) is 6.10 Å². The third kappa shape index (κ3) is 3.30. The van der Waals surface area contributed by atoms with Gasteiger partial charge < -0.3 is 10.4 Å². The molecule has 0 amide bonds. The Morgan fingerprint density at radius 2 is 2.17 bits per heavy atom. The maximum atomic E-state index is 13.7. The first-order valence-corrected chi connectivity index (χ1v) is 6.86. The van der Waals surface area contributed by atoms with Crippen LogP contribution in [0.25, 0.3) is 0 Å². The Balaban J connectivity index is 1.92. The minimum Gasteiger partial charge on any atom is -0.393 e. The second-order valence-electron chi connectivity index (χ2n) is 5.22. The van der Waals surface area contributed by atoms with Crippen molar-refractivity contribution in [2.24, 2.45) is 5.92 Å². The molecule has 1 aliphatic carbocycles. The van der Waals surface area contributed by atoms with Crippen molar-refractivity contribution in [2.75, 3.05) is 6.54 Å². The summed E-state index contributed by atoms with van der Waals surface area (Å²) in [6, 6.07) is 7.03. The summed E-state index contributed by atoms with van der Waals surface area (Å²) in [5.41, 5.74) is 0.749. The average Bonchev–Trinajstić information content (AvgIpc) is 2.78. The van der Waals surface area contributed by atoms with Crippen LogP contribution in [0.15, 0.2) is 24.3 Å². The van der Waals surface area contributed by atoms with Gasteiger partial charge in [0, 0.05) is 11.6 Å². The van der Waals surface area contributed by atoms with Gasteiger partial charge in [0.15, 0.2) is 0 Å². The monoisotopic (exact) mass is 251 g/mol. The van der Waals surface area contributed by atoms with E-state index in [0.29, 0.717) is 5.92 Å². The fraction of sp³-hybridized carbons (Fsp3) is 0.600. The SMILES string of the molecule is CCC(NCC1CCC(O)C1)c1ccccc1F. The number of benzene rings is 1. The van der Waals surface area contributed by atoms with Crippen LogP contribution in [-0.2, 0) is 0 Å². The highest BCUT2D eigenvalue weighted by Gasteiger charge is 2.23. The maximum absolute atomic E-state index is 13.7. The predicted molar refractivity (Wildman–Crippen MR) is 70.8 cm³/mol. The van der Waals surface area contributed by atoms with Crippen LogP contribution in [0.2, 0.25) is 0 Å². The van der Waals surface area contributed by atoms with Gasteiger partial charge in [-0.2, -0.15) is 0 Å². The van der Waals surface area contributed by atoms with Crippen molar-refractivity contribution in [3.8, 4) is 0 Å². The summed E-state index contributed by atoms with van der Waals surface area (Å²) in [5, 5.41) is 12.9. The van der Waals surface area contributed by atoms with Crippen LogP contribution in [0.3, 0.4) is 0 Å². The van der Waals surface area contributed by atoms with Gasteiger partial charge in [-0.15, -0.1) is 0 Å². The Hall–Kier alpha value is -0.930. The third-order valence-corrected chi connectivity index (χ3v) is 3.86. The highest BCUT2D eigenvalue weighted by atomic mass is 19.1. The lowest BCUT2D eigenvalue weighted by atomic mass is 10.0. The second kappa shape index (κ2) is 6.30. The zero-order chi connectivity index (χ0) is 13.0. The summed E-state index contributed by atoms with van der Waals surface area (Å²) in [4.78, 5) is 0. The summed E-state index contributed by atoms with van der Waals surface area (Å²) >= 11 is 0. The van der Waals surface area contributed by atoms with Crippen molar-refractivity contribution in [1.82, 2.24) is 5.32 Å². The lowest BCUT2D eigenvalue weighted by Gasteiger charge is -2.20.